The largest absolute Gasteiger partial charge is 0.505 e. The lowest BCUT2D eigenvalue weighted by molar-refractivity contribution is 0.458. The molecule has 0 unspecified atom stereocenters. The van der Waals surface area contributed by atoms with Crippen LogP contribution in [-0.2, 0) is 12.8 Å². The highest BCUT2D eigenvalue weighted by Crippen LogP contribution is 2.30. The fourth-order valence-electron chi connectivity index (χ4n) is 5.29. The molecule has 0 aliphatic rings. The lowest BCUT2D eigenvalue weighted by atomic mass is 9.98. The first-order valence-corrected chi connectivity index (χ1v) is 15.4. The van der Waals surface area contributed by atoms with Gasteiger partial charge in [-0.3, -0.25) is 0 Å². The van der Waals surface area contributed by atoms with Gasteiger partial charge >= 0.3 is 0 Å². The normalized spacial score (nSPS) is 11.5. The summed E-state index contributed by atoms with van der Waals surface area (Å²) in [7, 11) is 0. The summed E-state index contributed by atoms with van der Waals surface area (Å²) in [5, 5.41) is 20.5. The summed E-state index contributed by atoms with van der Waals surface area (Å²) in [4.78, 5) is 1.64. The highest BCUT2D eigenvalue weighted by Gasteiger charge is 2.15. The topological polar surface area (TPSA) is 50.9 Å². The zero-order chi connectivity index (χ0) is 26.1. The lowest BCUT2D eigenvalue weighted by Crippen LogP contribution is -2.03. The molecule has 3 aromatic rings. The van der Waals surface area contributed by atoms with Crippen LogP contribution in [0.5, 0.6) is 5.75 Å². The lowest BCUT2D eigenvalue weighted by Gasteiger charge is -2.13. The van der Waals surface area contributed by atoms with E-state index in [0.717, 1.165) is 41.5 Å². The van der Waals surface area contributed by atoms with Crippen molar-refractivity contribution >= 4 is 11.0 Å². The average Bonchev–Trinajstić information content (AvgIpc) is 3.34. The molecule has 204 valence electrons. The third-order valence-electron chi connectivity index (χ3n) is 7.60. The van der Waals surface area contributed by atoms with E-state index in [4.69, 9.17) is 0 Å². The van der Waals surface area contributed by atoms with Crippen molar-refractivity contribution in [2.24, 2.45) is 0 Å². The molecule has 0 fully saturated rings. The van der Waals surface area contributed by atoms with Crippen LogP contribution < -0.4 is 0 Å². The highest BCUT2D eigenvalue weighted by atomic mass is 16.3. The third-order valence-corrected chi connectivity index (χ3v) is 7.60. The van der Waals surface area contributed by atoms with Crippen LogP contribution in [0.15, 0.2) is 36.4 Å². The minimum Gasteiger partial charge on any atom is -0.505 e. The first-order valence-electron chi connectivity index (χ1n) is 15.4. The van der Waals surface area contributed by atoms with Gasteiger partial charge in [0.2, 0.25) is 0 Å². The van der Waals surface area contributed by atoms with Crippen molar-refractivity contribution in [3.05, 3.63) is 47.5 Å². The molecule has 4 heteroatoms. The van der Waals surface area contributed by atoms with Crippen LogP contribution in [0.3, 0.4) is 0 Å². The van der Waals surface area contributed by atoms with Crippen LogP contribution >= 0.6 is 0 Å². The van der Waals surface area contributed by atoms with E-state index in [1.807, 2.05) is 24.3 Å². The van der Waals surface area contributed by atoms with Gasteiger partial charge in [0, 0.05) is 0 Å². The Balaban J connectivity index is 1.58. The van der Waals surface area contributed by atoms with Gasteiger partial charge in [-0.2, -0.15) is 0 Å². The molecular formula is C33H51N3O. The number of aromatic hydroxyl groups is 1. The van der Waals surface area contributed by atoms with E-state index in [1.165, 1.54) is 108 Å². The molecule has 0 atom stereocenters. The zero-order valence-corrected chi connectivity index (χ0v) is 23.7. The van der Waals surface area contributed by atoms with E-state index in [2.05, 4.69) is 36.2 Å². The summed E-state index contributed by atoms with van der Waals surface area (Å²) in [6, 6.07) is 12.3. The molecular weight excluding hydrogens is 454 g/mol. The van der Waals surface area contributed by atoms with Crippen LogP contribution in [-0.4, -0.2) is 20.1 Å². The number of hydrogen-bond donors (Lipinski definition) is 1. The van der Waals surface area contributed by atoms with Crippen molar-refractivity contribution in [2.75, 3.05) is 0 Å². The average molecular weight is 506 g/mol. The van der Waals surface area contributed by atoms with Crippen LogP contribution in [0.2, 0.25) is 0 Å². The van der Waals surface area contributed by atoms with Gasteiger partial charge in [0.15, 0.2) is 0 Å². The Hall–Kier alpha value is -2.36. The predicted octanol–water partition coefficient (Wildman–Crippen LogP) is 9.88. The van der Waals surface area contributed by atoms with E-state index >= 15 is 0 Å². The maximum Gasteiger partial charge on any atom is 0.146 e. The van der Waals surface area contributed by atoms with Crippen LogP contribution in [0.1, 0.15) is 134 Å². The molecule has 4 nitrogen and oxygen atoms in total. The second-order valence-corrected chi connectivity index (χ2v) is 10.9. The van der Waals surface area contributed by atoms with Crippen molar-refractivity contribution in [1.82, 2.24) is 15.0 Å². The molecule has 2 aromatic carbocycles. The van der Waals surface area contributed by atoms with Crippen molar-refractivity contribution in [1.29, 1.82) is 0 Å². The summed E-state index contributed by atoms with van der Waals surface area (Å²) in [5.41, 5.74) is 4.78. The van der Waals surface area contributed by atoms with E-state index in [9.17, 15) is 5.11 Å². The fraction of sp³-hybridized carbons (Fsp3) is 0.636. The molecule has 3 rings (SSSR count). The molecule has 1 heterocycles. The Labute approximate surface area is 225 Å². The molecule has 1 aromatic heterocycles. The first kappa shape index (κ1) is 29.2. The van der Waals surface area contributed by atoms with Gasteiger partial charge in [-0.25, -0.2) is 0 Å². The Morgan fingerprint density at radius 1 is 0.595 bits per heavy atom. The molecule has 0 aliphatic carbocycles. The number of aryl methyl sites for hydroxylation is 2. The number of fused-ring (bicyclic) bond motifs is 1. The van der Waals surface area contributed by atoms with Crippen molar-refractivity contribution in [3.8, 4) is 11.4 Å². The SMILES string of the molecule is CCCCCCCCCCCCc1cc(CCCCCCCCC)c(O)c(-n2nc3ccccc3n2)c1. The van der Waals surface area contributed by atoms with E-state index in [0.29, 0.717) is 5.75 Å². The van der Waals surface area contributed by atoms with Crippen LogP contribution in [0, 0.1) is 0 Å². The Bertz CT molecular complexity index is 993. The summed E-state index contributed by atoms with van der Waals surface area (Å²) in [6.07, 6.45) is 24.4. The predicted molar refractivity (Wildman–Crippen MR) is 158 cm³/mol. The van der Waals surface area contributed by atoms with Crippen LogP contribution in [0.4, 0.5) is 0 Å². The Morgan fingerprint density at radius 2 is 1.05 bits per heavy atom. The van der Waals surface area contributed by atoms with Crippen molar-refractivity contribution in [2.45, 2.75) is 136 Å². The summed E-state index contributed by atoms with van der Waals surface area (Å²) in [6.45, 7) is 4.55. The number of hydrogen-bond acceptors (Lipinski definition) is 3. The second kappa shape index (κ2) is 17.2. The third kappa shape index (κ3) is 10.1. The number of unbranched alkanes of at least 4 members (excludes halogenated alkanes) is 15. The molecule has 0 radical (unpaired) electrons. The van der Waals surface area contributed by atoms with Gasteiger partial charge in [0.25, 0.3) is 0 Å². The Kier molecular flexibility index (Phi) is 13.6. The number of benzene rings is 2. The van der Waals surface area contributed by atoms with Crippen LogP contribution in [0.25, 0.3) is 16.7 Å². The molecule has 0 bridgehead atoms. The van der Waals surface area contributed by atoms with Gasteiger partial charge in [-0.1, -0.05) is 128 Å². The summed E-state index contributed by atoms with van der Waals surface area (Å²) >= 11 is 0. The monoisotopic (exact) mass is 505 g/mol. The number of aromatic nitrogens is 3. The van der Waals surface area contributed by atoms with Gasteiger partial charge < -0.3 is 5.11 Å². The quantitative estimate of drug-likeness (QED) is 0.155. The van der Waals surface area contributed by atoms with Crippen molar-refractivity contribution < 1.29 is 5.11 Å². The molecule has 1 N–H and O–H groups in total. The minimum atomic E-state index is 0.345. The second-order valence-electron chi connectivity index (χ2n) is 10.9. The minimum absolute atomic E-state index is 0.345. The molecule has 0 amide bonds. The Morgan fingerprint density at radius 3 is 1.57 bits per heavy atom. The first-order chi connectivity index (χ1) is 18.2. The van der Waals surface area contributed by atoms with Crippen molar-refractivity contribution in [3.63, 3.8) is 0 Å². The standard InChI is InChI=1S/C33H51N3O/c1-3-5-7-9-11-12-13-15-16-18-22-28-26-29(23-19-17-14-10-8-6-4-2)33(37)32(27-28)36-34-30-24-20-21-25-31(30)35-36/h20-21,24-27,37H,3-19,22-23H2,1-2H3. The van der Waals surface area contributed by atoms with Gasteiger partial charge in [0.1, 0.15) is 22.5 Å². The highest BCUT2D eigenvalue weighted by molar-refractivity contribution is 5.73. The maximum absolute atomic E-state index is 11.2. The number of rotatable bonds is 20. The number of nitrogens with zero attached hydrogens (tertiary/aromatic N) is 3. The molecule has 0 saturated carbocycles. The van der Waals surface area contributed by atoms with Gasteiger partial charge in [-0.15, -0.1) is 15.0 Å². The van der Waals surface area contributed by atoms with Gasteiger partial charge in [0.05, 0.1) is 0 Å². The number of phenolic OH excluding ortho intramolecular Hbond substituents is 1. The summed E-state index contributed by atoms with van der Waals surface area (Å²) in [5.74, 6) is 0.345. The van der Waals surface area contributed by atoms with E-state index in [-0.39, 0.29) is 0 Å². The summed E-state index contributed by atoms with van der Waals surface area (Å²) < 4.78 is 0. The zero-order valence-electron chi connectivity index (χ0n) is 23.7. The molecule has 0 aliphatic heterocycles. The smallest absolute Gasteiger partial charge is 0.146 e. The molecule has 0 saturated heterocycles. The fourth-order valence-corrected chi connectivity index (χ4v) is 5.29. The van der Waals surface area contributed by atoms with E-state index < -0.39 is 0 Å². The maximum atomic E-state index is 11.2. The van der Waals surface area contributed by atoms with Gasteiger partial charge in [-0.05, 0) is 55.0 Å². The van der Waals surface area contributed by atoms with E-state index in [1.54, 1.807) is 4.80 Å². The molecule has 37 heavy (non-hydrogen) atoms. The molecule has 0 spiro atoms. The number of phenols is 1.